The number of rotatable bonds is 10. The highest BCUT2D eigenvalue weighted by atomic mass is 79.9. The molecule has 10 heteroatoms. The van der Waals surface area contributed by atoms with Crippen molar-refractivity contribution in [3.63, 3.8) is 0 Å². The number of esters is 1. The average molecular weight is 638 g/mol. The summed E-state index contributed by atoms with van der Waals surface area (Å²) in [5, 5.41) is 0. The molecule has 4 aromatic rings. The highest BCUT2D eigenvalue weighted by Crippen LogP contribution is 2.36. The first-order valence-electron chi connectivity index (χ1n) is 13.2. The second kappa shape index (κ2) is 12.8. The molecule has 0 spiro atoms. The predicted octanol–water partition coefficient (Wildman–Crippen LogP) is 5.24. The second-order valence-corrected chi connectivity index (χ2v) is 11.2. The first-order chi connectivity index (χ1) is 19.9. The van der Waals surface area contributed by atoms with Crippen LogP contribution < -0.4 is 19.6 Å². The third-order valence-corrected chi connectivity index (χ3v) is 7.98. The maximum atomic E-state index is 14.0. The van der Waals surface area contributed by atoms with Crippen LogP contribution in [0.4, 0.5) is 0 Å². The van der Waals surface area contributed by atoms with Gasteiger partial charge in [-0.05, 0) is 43.7 Å². The Hall–Kier alpha value is -3.73. The van der Waals surface area contributed by atoms with E-state index in [2.05, 4.69) is 20.9 Å². The Kier molecular flexibility index (Phi) is 9.02. The largest absolute Gasteiger partial charge is 0.493 e. The molecule has 8 nitrogen and oxygen atoms in total. The van der Waals surface area contributed by atoms with Gasteiger partial charge in [0.15, 0.2) is 4.80 Å². The molecule has 5 rings (SSSR count). The van der Waals surface area contributed by atoms with Gasteiger partial charge in [0.25, 0.3) is 5.56 Å². The smallest absolute Gasteiger partial charge is 0.338 e. The summed E-state index contributed by atoms with van der Waals surface area (Å²) in [6.07, 6.45) is 2.52. The molecule has 2 aromatic carbocycles. The van der Waals surface area contributed by atoms with Crippen LogP contribution in [0.2, 0.25) is 0 Å². The van der Waals surface area contributed by atoms with E-state index in [0.29, 0.717) is 44.5 Å². The maximum absolute atomic E-state index is 14.0. The Balaban J connectivity index is 1.62. The maximum Gasteiger partial charge on any atom is 0.338 e. The fourth-order valence-corrected chi connectivity index (χ4v) is 5.84. The number of halogens is 1. The molecule has 0 saturated carbocycles. The third-order valence-electron chi connectivity index (χ3n) is 6.47. The number of methoxy groups -OCH3 is 1. The third kappa shape index (κ3) is 6.14. The van der Waals surface area contributed by atoms with E-state index in [1.165, 1.54) is 18.4 Å². The van der Waals surface area contributed by atoms with E-state index in [9.17, 15) is 9.59 Å². The van der Waals surface area contributed by atoms with Gasteiger partial charge in [-0.1, -0.05) is 64.5 Å². The van der Waals surface area contributed by atoms with Crippen molar-refractivity contribution in [3.8, 4) is 17.1 Å². The molecule has 0 aliphatic carbocycles. The van der Waals surface area contributed by atoms with Gasteiger partial charge in [0.1, 0.15) is 29.9 Å². The summed E-state index contributed by atoms with van der Waals surface area (Å²) < 4.78 is 25.6. The number of fused-ring (bicyclic) bond motifs is 1. The van der Waals surface area contributed by atoms with Crippen LogP contribution in [-0.2, 0) is 14.3 Å². The van der Waals surface area contributed by atoms with Gasteiger partial charge < -0.3 is 18.6 Å². The number of hydrogen-bond acceptors (Lipinski definition) is 8. The number of carbonyl (C=O) groups is 1. The summed E-state index contributed by atoms with van der Waals surface area (Å²) in [7, 11) is 1.54. The number of ether oxygens (including phenoxy) is 3. The molecular weight excluding hydrogens is 608 g/mol. The highest BCUT2D eigenvalue weighted by Gasteiger charge is 2.35. The Labute approximate surface area is 249 Å². The summed E-state index contributed by atoms with van der Waals surface area (Å²) >= 11 is 4.69. The molecule has 1 atom stereocenters. The van der Waals surface area contributed by atoms with Crippen LogP contribution in [0.25, 0.3) is 17.4 Å². The molecule has 0 N–H and O–H groups in total. The fourth-order valence-electron chi connectivity index (χ4n) is 4.55. The Morgan fingerprint density at radius 3 is 2.63 bits per heavy atom. The molecular formula is C31H29BrN2O6S. The fraction of sp³-hybridized carbons (Fsp3) is 0.258. The monoisotopic (exact) mass is 636 g/mol. The Bertz CT molecular complexity index is 1770. The van der Waals surface area contributed by atoms with Crippen molar-refractivity contribution in [2.45, 2.75) is 26.3 Å². The van der Waals surface area contributed by atoms with Crippen molar-refractivity contribution < 1.29 is 23.4 Å². The van der Waals surface area contributed by atoms with Crippen molar-refractivity contribution in [1.29, 1.82) is 0 Å². The molecule has 0 unspecified atom stereocenters. The quantitative estimate of drug-likeness (QED) is 0.175. The average Bonchev–Trinajstić information content (AvgIpc) is 3.56. The SMILES string of the molecule is CCCOc1ccccc1[C@@H]1C(C(=O)OCCOC)=C(C)N=c2s/c(=C/c3ccc(-c4ccc(Br)cc4)o3)c(=O)n21. The van der Waals surface area contributed by atoms with Gasteiger partial charge in [-0.2, -0.15) is 0 Å². The molecule has 0 fully saturated rings. The first-order valence-corrected chi connectivity index (χ1v) is 14.8. The van der Waals surface area contributed by atoms with E-state index in [0.717, 1.165) is 16.5 Å². The minimum Gasteiger partial charge on any atom is -0.493 e. The van der Waals surface area contributed by atoms with Crippen LogP contribution in [0.1, 0.15) is 37.6 Å². The molecule has 3 heterocycles. The van der Waals surface area contributed by atoms with Gasteiger partial charge in [-0.25, -0.2) is 9.79 Å². The number of thiazole rings is 1. The van der Waals surface area contributed by atoms with E-state index >= 15 is 0 Å². The van der Waals surface area contributed by atoms with Crippen molar-refractivity contribution in [2.24, 2.45) is 4.99 Å². The lowest BCUT2D eigenvalue weighted by Crippen LogP contribution is -2.40. The summed E-state index contributed by atoms with van der Waals surface area (Å²) in [6, 6.07) is 18.1. The minimum absolute atomic E-state index is 0.0798. The van der Waals surface area contributed by atoms with Crippen LogP contribution in [0.15, 0.2) is 90.6 Å². The van der Waals surface area contributed by atoms with Gasteiger partial charge in [0.2, 0.25) is 0 Å². The molecule has 0 radical (unpaired) electrons. The number of benzene rings is 2. The second-order valence-electron chi connectivity index (χ2n) is 9.31. The molecule has 212 valence electrons. The normalized spacial score (nSPS) is 15.0. The number of allylic oxidation sites excluding steroid dienone is 1. The molecule has 0 amide bonds. The lowest BCUT2D eigenvalue weighted by Gasteiger charge is -2.26. The zero-order chi connectivity index (χ0) is 28.9. The van der Waals surface area contributed by atoms with E-state index in [1.807, 2.05) is 67.6 Å². The van der Waals surface area contributed by atoms with Crippen molar-refractivity contribution >= 4 is 39.3 Å². The van der Waals surface area contributed by atoms with Crippen molar-refractivity contribution in [3.05, 3.63) is 107 Å². The predicted molar refractivity (Wildman–Crippen MR) is 161 cm³/mol. The van der Waals surface area contributed by atoms with Crippen LogP contribution >= 0.6 is 27.3 Å². The molecule has 0 saturated heterocycles. The van der Waals surface area contributed by atoms with Gasteiger partial charge in [-0.3, -0.25) is 9.36 Å². The number of carbonyl (C=O) groups excluding carboxylic acids is 1. The Morgan fingerprint density at radius 1 is 1.10 bits per heavy atom. The van der Waals surface area contributed by atoms with Crippen molar-refractivity contribution in [2.75, 3.05) is 26.9 Å². The summed E-state index contributed by atoms with van der Waals surface area (Å²) in [4.78, 5) is 32.5. The minimum atomic E-state index is -0.786. The summed E-state index contributed by atoms with van der Waals surface area (Å²) in [5.74, 6) is 1.26. The molecule has 2 aromatic heterocycles. The number of aromatic nitrogens is 1. The lowest BCUT2D eigenvalue weighted by molar-refractivity contribution is -0.140. The van der Waals surface area contributed by atoms with Crippen LogP contribution in [0.3, 0.4) is 0 Å². The Morgan fingerprint density at radius 2 is 1.88 bits per heavy atom. The van der Waals surface area contributed by atoms with Crippen LogP contribution in [-0.4, -0.2) is 37.5 Å². The lowest BCUT2D eigenvalue weighted by atomic mass is 9.95. The van der Waals surface area contributed by atoms with E-state index < -0.39 is 12.0 Å². The highest BCUT2D eigenvalue weighted by molar-refractivity contribution is 9.10. The van der Waals surface area contributed by atoms with Gasteiger partial charge >= 0.3 is 5.97 Å². The van der Waals surface area contributed by atoms with E-state index in [4.69, 9.17) is 18.6 Å². The van der Waals surface area contributed by atoms with Crippen molar-refractivity contribution in [1.82, 2.24) is 4.57 Å². The molecule has 0 bridgehead atoms. The van der Waals surface area contributed by atoms with Crippen LogP contribution in [0.5, 0.6) is 5.75 Å². The number of furan rings is 1. The van der Waals surface area contributed by atoms with E-state index in [1.54, 1.807) is 17.6 Å². The van der Waals surface area contributed by atoms with E-state index in [-0.39, 0.29) is 24.3 Å². The number of hydrogen-bond donors (Lipinski definition) is 0. The molecule has 1 aliphatic rings. The summed E-state index contributed by atoms with van der Waals surface area (Å²) in [6.45, 7) is 4.60. The molecule has 1 aliphatic heterocycles. The molecule has 41 heavy (non-hydrogen) atoms. The first kappa shape index (κ1) is 28.8. The van der Waals surface area contributed by atoms with Gasteiger partial charge in [0, 0.05) is 28.8 Å². The van der Waals surface area contributed by atoms with Gasteiger partial charge in [0.05, 0.1) is 29.0 Å². The zero-order valence-corrected chi connectivity index (χ0v) is 25.3. The zero-order valence-electron chi connectivity index (χ0n) is 22.9. The number of para-hydroxylation sites is 1. The summed E-state index contributed by atoms with van der Waals surface area (Å²) in [5.41, 5.74) is 2.07. The number of nitrogens with zero attached hydrogens (tertiary/aromatic N) is 2. The standard InChI is InChI=1S/C31H29BrN2O6S/c1-4-15-38-25-8-6-5-7-23(25)28-27(30(36)39-17-16-37-3)19(2)33-31-34(28)29(35)26(41-31)18-22-13-14-24(40-22)20-9-11-21(32)12-10-20/h5-14,18,28H,4,15-17H2,1-3H3/b26-18+/t28-/m1/s1. The van der Waals surface area contributed by atoms with Gasteiger partial charge in [-0.15, -0.1) is 0 Å². The topological polar surface area (TPSA) is 92.3 Å². The van der Waals surface area contributed by atoms with Crippen LogP contribution in [0, 0.1) is 0 Å².